The fraction of sp³-hybridized carbons (Fsp3) is 0.462. The Bertz CT molecular complexity index is 389. The van der Waals surface area contributed by atoms with E-state index >= 15 is 0 Å². The van der Waals surface area contributed by atoms with Crippen LogP contribution in [-0.4, -0.2) is 38.9 Å². The monoisotopic (exact) mass is 269 g/mol. The SMILES string of the molecule is COCC(C)(CNC(=O)/C=C/c1ccsc1)OC. The summed E-state index contributed by atoms with van der Waals surface area (Å²) in [4.78, 5) is 11.6. The summed E-state index contributed by atoms with van der Waals surface area (Å²) < 4.78 is 10.4. The maximum atomic E-state index is 11.6. The molecule has 0 fully saturated rings. The third kappa shape index (κ3) is 5.00. The Hall–Kier alpha value is -1.17. The first-order valence-electron chi connectivity index (χ1n) is 5.62. The molecule has 0 aromatic carbocycles. The molecule has 0 aliphatic carbocycles. The fourth-order valence-corrected chi connectivity index (χ4v) is 1.99. The minimum absolute atomic E-state index is 0.138. The normalized spacial score (nSPS) is 14.6. The predicted molar refractivity (Wildman–Crippen MR) is 73.7 cm³/mol. The maximum absolute atomic E-state index is 11.6. The average molecular weight is 269 g/mol. The Kier molecular flexibility index (Phi) is 6.04. The van der Waals surface area contributed by atoms with Crippen LogP contribution in [0.3, 0.4) is 0 Å². The van der Waals surface area contributed by atoms with Gasteiger partial charge in [0, 0.05) is 26.8 Å². The number of ether oxygens (including phenoxy) is 2. The second-order valence-electron chi connectivity index (χ2n) is 4.19. The standard InChI is InChI=1S/C13H19NO3S/c1-13(17-3,10-16-2)9-14-12(15)5-4-11-6-7-18-8-11/h4-8H,9-10H2,1-3H3,(H,14,15)/b5-4+. The Labute approximate surface area is 112 Å². The molecule has 0 spiro atoms. The van der Waals surface area contributed by atoms with Crippen molar-refractivity contribution in [2.75, 3.05) is 27.4 Å². The maximum Gasteiger partial charge on any atom is 0.244 e. The fourth-order valence-electron chi connectivity index (χ4n) is 1.36. The molecule has 18 heavy (non-hydrogen) atoms. The van der Waals surface area contributed by atoms with Crippen LogP contribution in [0.25, 0.3) is 6.08 Å². The number of hydrogen-bond acceptors (Lipinski definition) is 4. The van der Waals surface area contributed by atoms with Gasteiger partial charge in [-0.05, 0) is 35.4 Å². The van der Waals surface area contributed by atoms with Gasteiger partial charge in [-0.1, -0.05) is 0 Å². The first kappa shape index (κ1) is 14.9. The second-order valence-corrected chi connectivity index (χ2v) is 4.97. The van der Waals surface area contributed by atoms with Crippen molar-refractivity contribution in [1.82, 2.24) is 5.32 Å². The zero-order chi connectivity index (χ0) is 13.4. The molecule has 0 aliphatic rings. The molecule has 0 bridgehead atoms. The Morgan fingerprint density at radius 1 is 1.56 bits per heavy atom. The minimum atomic E-state index is -0.499. The number of amides is 1. The molecule has 1 rings (SSSR count). The van der Waals surface area contributed by atoms with E-state index in [1.807, 2.05) is 23.8 Å². The van der Waals surface area contributed by atoms with Crippen molar-refractivity contribution in [3.8, 4) is 0 Å². The van der Waals surface area contributed by atoms with E-state index in [9.17, 15) is 4.79 Å². The highest BCUT2D eigenvalue weighted by atomic mass is 32.1. The second kappa shape index (κ2) is 7.31. The van der Waals surface area contributed by atoms with E-state index in [0.717, 1.165) is 5.56 Å². The molecule has 0 saturated carbocycles. The molecule has 100 valence electrons. The van der Waals surface area contributed by atoms with E-state index in [1.54, 1.807) is 31.6 Å². The van der Waals surface area contributed by atoms with Crippen molar-refractivity contribution < 1.29 is 14.3 Å². The molecular formula is C13H19NO3S. The van der Waals surface area contributed by atoms with Gasteiger partial charge in [0.15, 0.2) is 0 Å². The summed E-state index contributed by atoms with van der Waals surface area (Å²) in [5.41, 5.74) is 0.530. The summed E-state index contributed by atoms with van der Waals surface area (Å²) in [6.07, 6.45) is 3.30. The Morgan fingerprint density at radius 2 is 2.33 bits per heavy atom. The molecule has 1 atom stereocenters. The molecule has 5 heteroatoms. The highest BCUT2D eigenvalue weighted by Gasteiger charge is 2.23. The lowest BCUT2D eigenvalue weighted by molar-refractivity contribution is -0.118. The quantitative estimate of drug-likeness (QED) is 0.769. The van der Waals surface area contributed by atoms with Crippen LogP contribution in [0, 0.1) is 0 Å². The van der Waals surface area contributed by atoms with Gasteiger partial charge in [-0.2, -0.15) is 11.3 Å². The van der Waals surface area contributed by atoms with Crippen LogP contribution in [0.1, 0.15) is 12.5 Å². The highest BCUT2D eigenvalue weighted by molar-refractivity contribution is 7.08. The first-order chi connectivity index (χ1) is 8.59. The molecule has 0 radical (unpaired) electrons. The number of methoxy groups -OCH3 is 2. The summed E-state index contributed by atoms with van der Waals surface area (Å²) in [6.45, 7) is 2.72. The Morgan fingerprint density at radius 3 is 2.89 bits per heavy atom. The van der Waals surface area contributed by atoms with Crippen molar-refractivity contribution in [3.05, 3.63) is 28.5 Å². The lowest BCUT2D eigenvalue weighted by atomic mass is 10.1. The van der Waals surface area contributed by atoms with Gasteiger partial charge in [0.25, 0.3) is 0 Å². The average Bonchev–Trinajstić information content (AvgIpc) is 2.87. The van der Waals surface area contributed by atoms with E-state index in [2.05, 4.69) is 5.32 Å². The summed E-state index contributed by atoms with van der Waals surface area (Å²) in [6, 6.07) is 1.96. The van der Waals surface area contributed by atoms with E-state index in [0.29, 0.717) is 13.2 Å². The van der Waals surface area contributed by atoms with Gasteiger partial charge < -0.3 is 14.8 Å². The Balaban J connectivity index is 2.41. The first-order valence-corrected chi connectivity index (χ1v) is 6.56. The number of carbonyl (C=O) groups excluding carboxylic acids is 1. The van der Waals surface area contributed by atoms with Crippen LogP contribution in [0.4, 0.5) is 0 Å². The minimum Gasteiger partial charge on any atom is -0.382 e. The summed E-state index contributed by atoms with van der Waals surface area (Å²) in [5.74, 6) is -0.138. The van der Waals surface area contributed by atoms with E-state index in [1.165, 1.54) is 6.08 Å². The van der Waals surface area contributed by atoms with Crippen LogP contribution in [0.2, 0.25) is 0 Å². The lowest BCUT2D eigenvalue weighted by Gasteiger charge is -2.27. The zero-order valence-corrected chi connectivity index (χ0v) is 11.8. The number of carbonyl (C=O) groups is 1. The smallest absolute Gasteiger partial charge is 0.244 e. The molecule has 1 N–H and O–H groups in total. The van der Waals surface area contributed by atoms with E-state index in [4.69, 9.17) is 9.47 Å². The van der Waals surface area contributed by atoms with Crippen LogP contribution in [0.15, 0.2) is 22.9 Å². The summed E-state index contributed by atoms with van der Waals surface area (Å²) in [7, 11) is 3.21. The van der Waals surface area contributed by atoms with E-state index < -0.39 is 5.60 Å². The van der Waals surface area contributed by atoms with Crippen molar-refractivity contribution in [2.45, 2.75) is 12.5 Å². The van der Waals surface area contributed by atoms with Gasteiger partial charge >= 0.3 is 0 Å². The number of nitrogens with one attached hydrogen (secondary N) is 1. The van der Waals surface area contributed by atoms with Gasteiger partial charge in [0.05, 0.1) is 6.61 Å². The number of thiophene rings is 1. The van der Waals surface area contributed by atoms with Crippen LogP contribution in [-0.2, 0) is 14.3 Å². The predicted octanol–water partition coefficient (Wildman–Crippen LogP) is 1.93. The molecule has 0 aliphatic heterocycles. The summed E-state index contributed by atoms with van der Waals surface area (Å²) >= 11 is 1.60. The number of hydrogen-bond donors (Lipinski definition) is 1. The topological polar surface area (TPSA) is 47.6 Å². The van der Waals surface area contributed by atoms with Gasteiger partial charge in [-0.25, -0.2) is 0 Å². The molecule has 1 amide bonds. The molecule has 0 saturated heterocycles. The van der Waals surface area contributed by atoms with Crippen LogP contribution in [0.5, 0.6) is 0 Å². The van der Waals surface area contributed by atoms with E-state index in [-0.39, 0.29) is 5.91 Å². The number of rotatable bonds is 7. The molecule has 1 aromatic heterocycles. The lowest BCUT2D eigenvalue weighted by Crippen LogP contribution is -2.45. The zero-order valence-electron chi connectivity index (χ0n) is 10.9. The van der Waals surface area contributed by atoms with Crippen molar-refractivity contribution in [1.29, 1.82) is 0 Å². The third-order valence-electron chi connectivity index (χ3n) is 2.55. The van der Waals surface area contributed by atoms with Crippen molar-refractivity contribution >= 4 is 23.3 Å². The van der Waals surface area contributed by atoms with Crippen molar-refractivity contribution in [2.24, 2.45) is 0 Å². The van der Waals surface area contributed by atoms with Gasteiger partial charge in [-0.15, -0.1) is 0 Å². The molecular weight excluding hydrogens is 250 g/mol. The molecule has 1 heterocycles. The molecule has 1 unspecified atom stereocenters. The third-order valence-corrected chi connectivity index (χ3v) is 3.25. The van der Waals surface area contributed by atoms with Crippen molar-refractivity contribution in [3.63, 3.8) is 0 Å². The largest absolute Gasteiger partial charge is 0.382 e. The van der Waals surface area contributed by atoms with Crippen LogP contribution < -0.4 is 5.32 Å². The molecule has 4 nitrogen and oxygen atoms in total. The summed E-state index contributed by atoms with van der Waals surface area (Å²) in [5, 5.41) is 6.74. The van der Waals surface area contributed by atoms with Gasteiger partial charge in [0.2, 0.25) is 5.91 Å². The van der Waals surface area contributed by atoms with Gasteiger partial charge in [-0.3, -0.25) is 4.79 Å². The van der Waals surface area contributed by atoms with Gasteiger partial charge in [0.1, 0.15) is 5.60 Å². The highest BCUT2D eigenvalue weighted by Crippen LogP contribution is 2.09. The molecule has 1 aromatic rings. The van der Waals surface area contributed by atoms with Crippen LogP contribution >= 0.6 is 11.3 Å².